The molecule has 4 atom stereocenters. The average molecular weight is 569 g/mol. The van der Waals surface area contributed by atoms with Gasteiger partial charge in [-0.15, -0.1) is 0 Å². The maximum Gasteiger partial charge on any atom is 0.407 e. The van der Waals surface area contributed by atoms with Crippen LogP contribution in [-0.4, -0.2) is 46.7 Å². The molecule has 0 unspecified atom stereocenters. The highest BCUT2D eigenvalue weighted by Crippen LogP contribution is 2.16. The number of carbonyl (C=O) groups is 2. The molecule has 0 heterocycles. The van der Waals surface area contributed by atoms with Crippen molar-refractivity contribution in [2.75, 3.05) is 0 Å². The van der Waals surface area contributed by atoms with Crippen LogP contribution in [0.2, 0.25) is 0 Å². The fourth-order valence-electron chi connectivity index (χ4n) is 4.56. The Hall–Kier alpha value is -4.66. The predicted octanol–water partition coefficient (Wildman–Crippen LogP) is 4.78. The summed E-state index contributed by atoms with van der Waals surface area (Å²) in [6.07, 6.45) is -3.96. The summed E-state index contributed by atoms with van der Waals surface area (Å²) in [5.41, 5.74) is 3.31. The van der Waals surface area contributed by atoms with Crippen LogP contribution >= 0.6 is 0 Å². The van der Waals surface area contributed by atoms with Crippen molar-refractivity contribution < 1.29 is 29.3 Å². The lowest BCUT2D eigenvalue weighted by atomic mass is 9.91. The number of benzene rings is 4. The van der Waals surface area contributed by atoms with Gasteiger partial charge in [0.1, 0.15) is 25.4 Å². The average Bonchev–Trinajstić information content (AvgIpc) is 3.03. The van der Waals surface area contributed by atoms with Crippen molar-refractivity contribution in [1.29, 1.82) is 0 Å². The number of nitrogens with one attached hydrogen (secondary N) is 2. The summed E-state index contributed by atoms with van der Waals surface area (Å²) >= 11 is 0. The van der Waals surface area contributed by atoms with Crippen LogP contribution in [0, 0.1) is 0 Å². The Balaban J connectivity index is 1.48. The standard InChI is InChI=1S/C34H36N2O6/c37-31(29(21-25-13-5-1-6-14-25)35-33(39)41-23-27-17-9-3-10-18-27)32(38)30(22-26-15-7-2-8-16-26)36-34(40)42-24-28-19-11-4-12-20-28/h1-20,29-32,37-38H,21-24H2,(H,35,39)(H,36,40)/t29-,30-,31+,32+/m1/s1. The highest BCUT2D eigenvalue weighted by molar-refractivity contribution is 5.68. The minimum atomic E-state index is -1.46. The summed E-state index contributed by atoms with van der Waals surface area (Å²) in [5, 5.41) is 28.3. The molecule has 0 aromatic heterocycles. The minimum absolute atomic E-state index is 0.0504. The third kappa shape index (κ3) is 9.76. The lowest BCUT2D eigenvalue weighted by Gasteiger charge is -2.32. The molecule has 42 heavy (non-hydrogen) atoms. The van der Waals surface area contributed by atoms with Crippen LogP contribution in [0.25, 0.3) is 0 Å². The third-order valence-corrected chi connectivity index (χ3v) is 6.80. The van der Waals surface area contributed by atoms with Crippen LogP contribution in [0.5, 0.6) is 0 Å². The molecule has 4 N–H and O–H groups in total. The van der Waals surface area contributed by atoms with Crippen LogP contribution in [0.3, 0.4) is 0 Å². The maximum absolute atomic E-state index is 12.8. The summed E-state index contributed by atoms with van der Waals surface area (Å²) < 4.78 is 10.8. The molecule has 8 nitrogen and oxygen atoms in total. The van der Waals surface area contributed by atoms with Crippen LogP contribution in [0.4, 0.5) is 9.59 Å². The normalized spacial score (nSPS) is 13.7. The van der Waals surface area contributed by atoms with Crippen molar-refractivity contribution in [3.05, 3.63) is 144 Å². The molecular weight excluding hydrogens is 532 g/mol. The summed E-state index contributed by atoms with van der Waals surface area (Å²) in [4.78, 5) is 25.6. The van der Waals surface area contributed by atoms with E-state index in [0.717, 1.165) is 22.3 Å². The van der Waals surface area contributed by atoms with Crippen molar-refractivity contribution in [2.45, 2.75) is 50.3 Å². The second-order valence-corrected chi connectivity index (χ2v) is 9.99. The largest absolute Gasteiger partial charge is 0.445 e. The van der Waals surface area contributed by atoms with E-state index in [9.17, 15) is 19.8 Å². The first-order valence-corrected chi connectivity index (χ1v) is 13.9. The molecule has 4 rings (SSSR count). The van der Waals surface area contributed by atoms with E-state index < -0.39 is 36.5 Å². The predicted molar refractivity (Wildman–Crippen MR) is 159 cm³/mol. The first-order valence-electron chi connectivity index (χ1n) is 13.9. The molecule has 2 amide bonds. The SMILES string of the molecule is O=C(N[C@H](Cc1ccccc1)[C@H](O)[C@@H](O)[C@@H](Cc1ccccc1)NC(=O)OCc1ccccc1)OCc1ccccc1. The van der Waals surface area contributed by atoms with Gasteiger partial charge in [-0.3, -0.25) is 0 Å². The fraction of sp³-hybridized carbons (Fsp3) is 0.235. The van der Waals surface area contributed by atoms with Gasteiger partial charge in [-0.2, -0.15) is 0 Å². The van der Waals surface area contributed by atoms with E-state index in [2.05, 4.69) is 10.6 Å². The number of carbonyl (C=O) groups excluding carboxylic acids is 2. The molecule has 0 aliphatic heterocycles. The van der Waals surface area contributed by atoms with E-state index in [1.165, 1.54) is 0 Å². The van der Waals surface area contributed by atoms with Gasteiger partial charge in [0, 0.05) is 0 Å². The highest BCUT2D eigenvalue weighted by atomic mass is 16.6. The van der Waals surface area contributed by atoms with E-state index in [4.69, 9.17) is 9.47 Å². The summed E-state index contributed by atoms with van der Waals surface area (Å²) in [6.45, 7) is 0.101. The Labute approximate surface area is 245 Å². The van der Waals surface area contributed by atoms with Crippen LogP contribution in [0.15, 0.2) is 121 Å². The number of amides is 2. The Morgan fingerprint density at radius 1 is 0.500 bits per heavy atom. The van der Waals surface area contributed by atoms with E-state index in [-0.39, 0.29) is 26.1 Å². The van der Waals surface area contributed by atoms with E-state index in [0.29, 0.717) is 0 Å². The topological polar surface area (TPSA) is 117 Å². The molecule has 0 fully saturated rings. The van der Waals surface area contributed by atoms with Gasteiger partial charge in [-0.1, -0.05) is 121 Å². The van der Waals surface area contributed by atoms with Gasteiger partial charge < -0.3 is 30.3 Å². The van der Waals surface area contributed by atoms with Gasteiger partial charge in [0.05, 0.1) is 12.1 Å². The highest BCUT2D eigenvalue weighted by Gasteiger charge is 2.35. The van der Waals surface area contributed by atoms with Crippen molar-refractivity contribution in [3.8, 4) is 0 Å². The second-order valence-electron chi connectivity index (χ2n) is 9.99. The molecule has 0 aliphatic rings. The zero-order chi connectivity index (χ0) is 29.6. The van der Waals surface area contributed by atoms with Crippen molar-refractivity contribution in [1.82, 2.24) is 10.6 Å². The van der Waals surface area contributed by atoms with Crippen molar-refractivity contribution in [2.24, 2.45) is 0 Å². The lowest BCUT2D eigenvalue weighted by Crippen LogP contribution is -2.57. The van der Waals surface area contributed by atoms with Gasteiger partial charge in [0.2, 0.25) is 0 Å². The molecule has 0 spiro atoms. The van der Waals surface area contributed by atoms with Crippen molar-refractivity contribution >= 4 is 12.2 Å². The smallest absolute Gasteiger partial charge is 0.407 e. The number of alkyl carbamates (subject to hydrolysis) is 2. The summed E-state index contributed by atoms with van der Waals surface area (Å²) in [6, 6.07) is 35.2. The summed E-state index contributed by atoms with van der Waals surface area (Å²) in [7, 11) is 0. The third-order valence-electron chi connectivity index (χ3n) is 6.80. The monoisotopic (exact) mass is 568 g/mol. The fourth-order valence-corrected chi connectivity index (χ4v) is 4.56. The number of ether oxygens (including phenoxy) is 2. The van der Waals surface area contributed by atoms with E-state index in [1.54, 1.807) is 0 Å². The zero-order valence-electron chi connectivity index (χ0n) is 23.2. The van der Waals surface area contributed by atoms with Gasteiger partial charge in [0.25, 0.3) is 0 Å². The lowest BCUT2D eigenvalue weighted by molar-refractivity contribution is -0.0240. The second kappa shape index (κ2) is 16.0. The molecule has 0 saturated heterocycles. The van der Waals surface area contributed by atoms with Gasteiger partial charge in [-0.25, -0.2) is 9.59 Å². The number of hydrogen-bond acceptors (Lipinski definition) is 6. The van der Waals surface area contributed by atoms with Gasteiger partial charge in [-0.05, 0) is 35.1 Å². The number of aliphatic hydroxyl groups excluding tert-OH is 2. The Morgan fingerprint density at radius 2 is 0.786 bits per heavy atom. The quantitative estimate of drug-likeness (QED) is 0.184. The summed E-state index contributed by atoms with van der Waals surface area (Å²) in [5.74, 6) is 0. The first-order chi connectivity index (χ1) is 20.5. The number of hydrogen-bond donors (Lipinski definition) is 4. The molecule has 0 bridgehead atoms. The van der Waals surface area contributed by atoms with Crippen LogP contribution in [-0.2, 0) is 35.5 Å². The Kier molecular flexibility index (Phi) is 11.5. The molecular formula is C34H36N2O6. The van der Waals surface area contributed by atoms with E-state index in [1.807, 2.05) is 121 Å². The Morgan fingerprint density at radius 3 is 1.10 bits per heavy atom. The Bertz CT molecular complexity index is 1250. The van der Waals surface area contributed by atoms with Crippen LogP contribution in [0.1, 0.15) is 22.3 Å². The first kappa shape index (κ1) is 30.3. The van der Waals surface area contributed by atoms with Gasteiger partial charge >= 0.3 is 12.2 Å². The van der Waals surface area contributed by atoms with E-state index >= 15 is 0 Å². The molecule has 4 aromatic rings. The van der Waals surface area contributed by atoms with Crippen LogP contribution < -0.4 is 10.6 Å². The molecule has 218 valence electrons. The molecule has 0 radical (unpaired) electrons. The van der Waals surface area contributed by atoms with Crippen molar-refractivity contribution in [3.63, 3.8) is 0 Å². The number of aliphatic hydroxyl groups is 2. The minimum Gasteiger partial charge on any atom is -0.445 e. The zero-order valence-corrected chi connectivity index (χ0v) is 23.2. The van der Waals surface area contributed by atoms with Gasteiger partial charge in [0.15, 0.2) is 0 Å². The maximum atomic E-state index is 12.8. The number of rotatable bonds is 13. The molecule has 8 heteroatoms. The molecule has 4 aromatic carbocycles. The molecule has 0 aliphatic carbocycles. The molecule has 0 saturated carbocycles.